The van der Waals surface area contributed by atoms with Gasteiger partial charge in [-0.2, -0.15) is 0 Å². The quantitative estimate of drug-likeness (QED) is 0.906. The number of aliphatic hydroxyl groups excluding tert-OH is 1. The third-order valence-corrected chi connectivity index (χ3v) is 4.10. The lowest BCUT2D eigenvalue weighted by atomic mass is 9.98. The van der Waals surface area contributed by atoms with Crippen LogP contribution in [0.4, 0.5) is 0 Å². The van der Waals surface area contributed by atoms with Gasteiger partial charge in [-0.15, -0.1) is 0 Å². The zero-order valence-electron chi connectivity index (χ0n) is 12.9. The fraction of sp³-hybridized carbons (Fsp3) is 0.588. The third-order valence-electron chi connectivity index (χ3n) is 4.10. The second kappa shape index (κ2) is 7.46. The fourth-order valence-corrected chi connectivity index (χ4v) is 2.77. The summed E-state index contributed by atoms with van der Waals surface area (Å²) < 4.78 is 5.92. The molecule has 1 aliphatic heterocycles. The molecule has 2 rings (SSSR count). The molecule has 1 heterocycles. The summed E-state index contributed by atoms with van der Waals surface area (Å²) in [7, 11) is 0. The SMILES string of the molecule is CCC(Oc1ccccc1C)C(=O)N1CCCC(CO)C1. The molecule has 2 atom stereocenters. The second-order valence-electron chi connectivity index (χ2n) is 5.76. The molecule has 0 saturated carbocycles. The van der Waals surface area contributed by atoms with Gasteiger partial charge in [0.05, 0.1) is 0 Å². The van der Waals surface area contributed by atoms with E-state index in [0.29, 0.717) is 13.0 Å². The predicted octanol–water partition coefficient (Wildman–Crippen LogP) is 2.38. The minimum absolute atomic E-state index is 0.0407. The molecule has 2 unspecified atom stereocenters. The highest BCUT2D eigenvalue weighted by molar-refractivity contribution is 5.81. The number of hydrogen-bond acceptors (Lipinski definition) is 3. The van der Waals surface area contributed by atoms with Crippen molar-refractivity contribution in [3.8, 4) is 5.75 Å². The van der Waals surface area contributed by atoms with Gasteiger partial charge in [0.2, 0.25) is 0 Å². The number of carbonyl (C=O) groups is 1. The Kier molecular flexibility index (Phi) is 5.62. The highest BCUT2D eigenvalue weighted by atomic mass is 16.5. The molecular weight excluding hydrogens is 266 g/mol. The van der Waals surface area contributed by atoms with E-state index in [-0.39, 0.29) is 18.4 Å². The Morgan fingerprint density at radius 2 is 2.24 bits per heavy atom. The Labute approximate surface area is 126 Å². The first-order valence-corrected chi connectivity index (χ1v) is 7.77. The molecule has 4 nitrogen and oxygen atoms in total. The van der Waals surface area contributed by atoms with E-state index in [4.69, 9.17) is 4.74 Å². The van der Waals surface area contributed by atoms with Crippen LogP contribution in [0.5, 0.6) is 5.75 Å². The zero-order valence-corrected chi connectivity index (χ0v) is 12.9. The van der Waals surface area contributed by atoms with Gasteiger partial charge in [0, 0.05) is 19.7 Å². The van der Waals surface area contributed by atoms with Crippen LogP contribution in [-0.2, 0) is 4.79 Å². The van der Waals surface area contributed by atoms with Crippen molar-refractivity contribution in [1.82, 2.24) is 4.90 Å². The summed E-state index contributed by atoms with van der Waals surface area (Å²) in [4.78, 5) is 14.5. The van der Waals surface area contributed by atoms with E-state index in [2.05, 4.69) is 0 Å². The Morgan fingerprint density at radius 3 is 2.90 bits per heavy atom. The van der Waals surface area contributed by atoms with Gasteiger partial charge in [-0.3, -0.25) is 4.79 Å². The van der Waals surface area contributed by atoms with E-state index in [9.17, 15) is 9.90 Å². The molecule has 0 spiro atoms. The van der Waals surface area contributed by atoms with Crippen molar-refractivity contribution in [2.75, 3.05) is 19.7 Å². The van der Waals surface area contributed by atoms with Gasteiger partial charge in [-0.1, -0.05) is 25.1 Å². The number of carbonyl (C=O) groups excluding carboxylic acids is 1. The van der Waals surface area contributed by atoms with Gasteiger partial charge < -0.3 is 14.7 Å². The van der Waals surface area contributed by atoms with Crippen molar-refractivity contribution >= 4 is 5.91 Å². The Hall–Kier alpha value is -1.55. The van der Waals surface area contributed by atoms with Crippen molar-refractivity contribution < 1.29 is 14.6 Å². The van der Waals surface area contributed by atoms with Crippen LogP contribution in [-0.4, -0.2) is 41.7 Å². The lowest BCUT2D eigenvalue weighted by molar-refractivity contribution is -0.141. The molecule has 0 radical (unpaired) electrons. The van der Waals surface area contributed by atoms with E-state index in [0.717, 1.165) is 30.7 Å². The number of rotatable bonds is 5. The van der Waals surface area contributed by atoms with Crippen LogP contribution < -0.4 is 4.74 Å². The van der Waals surface area contributed by atoms with Crippen molar-refractivity contribution in [3.63, 3.8) is 0 Å². The molecule has 1 N–H and O–H groups in total. The predicted molar refractivity (Wildman–Crippen MR) is 82.3 cm³/mol. The number of benzene rings is 1. The van der Waals surface area contributed by atoms with Crippen LogP contribution in [0.25, 0.3) is 0 Å². The molecule has 0 aliphatic carbocycles. The first-order valence-electron chi connectivity index (χ1n) is 7.77. The standard InChI is InChI=1S/C17H25NO3/c1-3-15(21-16-9-5-4-7-13(16)2)17(20)18-10-6-8-14(11-18)12-19/h4-5,7,9,14-15,19H,3,6,8,10-12H2,1-2H3. The molecule has 1 amide bonds. The van der Waals surface area contributed by atoms with Gasteiger partial charge in [-0.05, 0) is 43.7 Å². The normalized spacial score (nSPS) is 20.1. The van der Waals surface area contributed by atoms with Crippen molar-refractivity contribution in [1.29, 1.82) is 0 Å². The maximum absolute atomic E-state index is 12.6. The number of aliphatic hydroxyl groups is 1. The summed E-state index contributed by atoms with van der Waals surface area (Å²) in [6.07, 6.45) is 2.16. The molecule has 1 saturated heterocycles. The maximum atomic E-state index is 12.6. The molecule has 1 aromatic rings. The van der Waals surface area contributed by atoms with Crippen LogP contribution in [0.3, 0.4) is 0 Å². The van der Waals surface area contributed by atoms with Crippen LogP contribution in [0.15, 0.2) is 24.3 Å². The third kappa shape index (κ3) is 3.97. The minimum atomic E-state index is -0.441. The smallest absolute Gasteiger partial charge is 0.263 e. The van der Waals surface area contributed by atoms with Gasteiger partial charge >= 0.3 is 0 Å². The number of aryl methyl sites for hydroxylation is 1. The highest BCUT2D eigenvalue weighted by Crippen LogP contribution is 2.22. The average molecular weight is 291 g/mol. The number of nitrogens with zero attached hydrogens (tertiary/aromatic N) is 1. The van der Waals surface area contributed by atoms with Crippen molar-refractivity contribution in [2.45, 2.75) is 39.2 Å². The molecular formula is C17H25NO3. The molecule has 116 valence electrons. The number of amides is 1. The van der Waals surface area contributed by atoms with E-state index in [1.807, 2.05) is 43.0 Å². The Morgan fingerprint density at radius 1 is 1.48 bits per heavy atom. The lowest BCUT2D eigenvalue weighted by Gasteiger charge is -2.34. The lowest BCUT2D eigenvalue weighted by Crippen LogP contribution is -2.47. The summed E-state index contributed by atoms with van der Waals surface area (Å²) in [6.45, 7) is 5.51. The van der Waals surface area contributed by atoms with Gasteiger partial charge in [-0.25, -0.2) is 0 Å². The van der Waals surface area contributed by atoms with E-state index >= 15 is 0 Å². The Balaban J connectivity index is 2.03. The molecule has 1 fully saturated rings. The van der Waals surface area contributed by atoms with Crippen molar-refractivity contribution in [3.05, 3.63) is 29.8 Å². The van der Waals surface area contributed by atoms with Crippen LogP contribution in [0.1, 0.15) is 31.7 Å². The molecule has 0 bridgehead atoms. The highest BCUT2D eigenvalue weighted by Gasteiger charge is 2.29. The van der Waals surface area contributed by atoms with Gasteiger partial charge in [0.1, 0.15) is 5.75 Å². The zero-order chi connectivity index (χ0) is 15.2. The van der Waals surface area contributed by atoms with E-state index in [1.54, 1.807) is 0 Å². The summed E-state index contributed by atoms with van der Waals surface area (Å²) in [5.41, 5.74) is 1.04. The van der Waals surface area contributed by atoms with Crippen LogP contribution in [0.2, 0.25) is 0 Å². The maximum Gasteiger partial charge on any atom is 0.263 e. The monoisotopic (exact) mass is 291 g/mol. The molecule has 0 aromatic heterocycles. The first-order chi connectivity index (χ1) is 10.2. The summed E-state index contributed by atoms with van der Waals surface area (Å²) >= 11 is 0. The van der Waals surface area contributed by atoms with Crippen LogP contribution in [0, 0.1) is 12.8 Å². The summed E-state index contributed by atoms with van der Waals surface area (Å²) in [5, 5.41) is 9.29. The molecule has 1 aliphatic rings. The summed E-state index contributed by atoms with van der Waals surface area (Å²) in [6, 6.07) is 7.76. The minimum Gasteiger partial charge on any atom is -0.480 e. The van der Waals surface area contributed by atoms with Crippen molar-refractivity contribution in [2.24, 2.45) is 5.92 Å². The molecule has 4 heteroatoms. The molecule has 21 heavy (non-hydrogen) atoms. The Bertz CT molecular complexity index is 475. The second-order valence-corrected chi connectivity index (χ2v) is 5.76. The van der Waals surface area contributed by atoms with E-state index in [1.165, 1.54) is 0 Å². The fourth-order valence-electron chi connectivity index (χ4n) is 2.77. The largest absolute Gasteiger partial charge is 0.480 e. The number of piperidine rings is 1. The number of ether oxygens (including phenoxy) is 1. The first kappa shape index (κ1) is 15.8. The van der Waals surface area contributed by atoms with E-state index < -0.39 is 6.10 Å². The number of likely N-dealkylation sites (tertiary alicyclic amines) is 1. The van der Waals surface area contributed by atoms with Gasteiger partial charge in [0.15, 0.2) is 6.10 Å². The topological polar surface area (TPSA) is 49.8 Å². The van der Waals surface area contributed by atoms with Crippen LogP contribution >= 0.6 is 0 Å². The average Bonchev–Trinajstić information content (AvgIpc) is 2.53. The number of hydrogen-bond donors (Lipinski definition) is 1. The summed E-state index contributed by atoms with van der Waals surface area (Å²) in [5.74, 6) is 1.02. The van der Waals surface area contributed by atoms with Gasteiger partial charge in [0.25, 0.3) is 5.91 Å². The number of para-hydroxylation sites is 1. The molecule has 1 aromatic carbocycles.